The maximum Gasteiger partial charge on any atom is 0.226 e. The largest absolute Gasteiger partial charge is 0.497 e. The molecule has 1 amide bonds. The number of aromatic nitrogens is 1. The number of nitrogens with zero attached hydrogens (tertiary/aromatic N) is 1. The maximum absolute atomic E-state index is 11.8. The lowest BCUT2D eigenvalue weighted by Gasteiger charge is -2.04. The average Bonchev–Trinajstić information content (AvgIpc) is 2.93. The number of methoxy groups -OCH3 is 1. The summed E-state index contributed by atoms with van der Waals surface area (Å²) in [6, 6.07) is 7.71. The Balaban J connectivity index is 1.98. The monoisotopic (exact) mass is 304 g/mol. The molecule has 0 fully saturated rings. The molecular weight excluding hydrogens is 284 g/mol. The molecule has 0 aliphatic heterocycles. The second-order valence-electron chi connectivity index (χ2n) is 5.25. The summed E-state index contributed by atoms with van der Waals surface area (Å²) in [4.78, 5) is 16.2. The van der Waals surface area contributed by atoms with E-state index in [-0.39, 0.29) is 5.91 Å². The first-order chi connectivity index (χ1) is 10.1. The number of amides is 1. The lowest BCUT2D eigenvalue weighted by atomic mass is 10.1. The molecule has 5 heteroatoms. The fourth-order valence-electron chi connectivity index (χ4n) is 1.83. The zero-order valence-corrected chi connectivity index (χ0v) is 13.4. The minimum Gasteiger partial charge on any atom is -0.497 e. The molecule has 0 bridgehead atoms. The SMILES string of the molecule is COc1ccc(-c2csc(NC(=O)CCC(C)C)n2)cc1. The van der Waals surface area contributed by atoms with Gasteiger partial charge in [-0.3, -0.25) is 4.79 Å². The van der Waals surface area contributed by atoms with Gasteiger partial charge in [-0.25, -0.2) is 4.98 Å². The van der Waals surface area contributed by atoms with Crippen molar-refractivity contribution in [3.05, 3.63) is 29.6 Å². The van der Waals surface area contributed by atoms with E-state index in [1.165, 1.54) is 11.3 Å². The number of rotatable bonds is 6. The zero-order valence-electron chi connectivity index (χ0n) is 12.6. The molecule has 1 aromatic heterocycles. The highest BCUT2D eigenvalue weighted by Gasteiger charge is 2.09. The molecule has 0 aliphatic carbocycles. The first kappa shape index (κ1) is 15.5. The molecule has 0 spiro atoms. The van der Waals surface area contributed by atoms with Gasteiger partial charge in [-0.15, -0.1) is 11.3 Å². The highest BCUT2D eigenvalue weighted by atomic mass is 32.1. The van der Waals surface area contributed by atoms with Crippen LogP contribution in [0.25, 0.3) is 11.3 Å². The van der Waals surface area contributed by atoms with Crippen LogP contribution in [0.5, 0.6) is 5.75 Å². The van der Waals surface area contributed by atoms with E-state index in [9.17, 15) is 4.79 Å². The number of carbonyl (C=O) groups excluding carboxylic acids is 1. The molecule has 2 rings (SSSR count). The fourth-order valence-corrected chi connectivity index (χ4v) is 2.56. The number of thiazole rings is 1. The van der Waals surface area contributed by atoms with E-state index in [0.717, 1.165) is 23.4 Å². The van der Waals surface area contributed by atoms with Gasteiger partial charge in [-0.2, -0.15) is 0 Å². The lowest BCUT2D eigenvalue weighted by Crippen LogP contribution is -2.11. The maximum atomic E-state index is 11.8. The van der Waals surface area contributed by atoms with E-state index in [4.69, 9.17) is 4.74 Å². The van der Waals surface area contributed by atoms with Crippen molar-refractivity contribution in [2.75, 3.05) is 12.4 Å². The lowest BCUT2D eigenvalue weighted by molar-refractivity contribution is -0.116. The summed E-state index contributed by atoms with van der Waals surface area (Å²) in [5.74, 6) is 1.37. The van der Waals surface area contributed by atoms with Gasteiger partial charge in [0.1, 0.15) is 5.75 Å². The summed E-state index contributed by atoms with van der Waals surface area (Å²) in [7, 11) is 1.64. The molecule has 21 heavy (non-hydrogen) atoms. The number of benzene rings is 1. The van der Waals surface area contributed by atoms with Gasteiger partial charge in [0, 0.05) is 17.4 Å². The molecule has 0 saturated heterocycles. The van der Waals surface area contributed by atoms with Gasteiger partial charge in [-0.1, -0.05) is 13.8 Å². The molecule has 0 atom stereocenters. The van der Waals surface area contributed by atoms with Crippen LogP contribution in [-0.2, 0) is 4.79 Å². The van der Waals surface area contributed by atoms with E-state index in [2.05, 4.69) is 24.1 Å². The standard InChI is InChI=1S/C16H20N2O2S/c1-11(2)4-9-15(19)18-16-17-14(10-21-16)12-5-7-13(20-3)8-6-12/h5-8,10-11H,4,9H2,1-3H3,(H,17,18,19). The molecule has 0 saturated carbocycles. The predicted molar refractivity (Wildman–Crippen MR) is 86.8 cm³/mol. The number of nitrogens with one attached hydrogen (secondary N) is 1. The first-order valence-electron chi connectivity index (χ1n) is 6.98. The van der Waals surface area contributed by atoms with E-state index in [1.807, 2.05) is 29.6 Å². The molecule has 1 heterocycles. The average molecular weight is 304 g/mol. The predicted octanol–water partition coefficient (Wildman–Crippen LogP) is 4.19. The van der Waals surface area contributed by atoms with Crippen LogP contribution < -0.4 is 10.1 Å². The van der Waals surface area contributed by atoms with Crippen molar-refractivity contribution in [1.29, 1.82) is 0 Å². The summed E-state index contributed by atoms with van der Waals surface area (Å²) in [6.07, 6.45) is 1.43. The Kier molecular flexibility index (Phi) is 5.33. The van der Waals surface area contributed by atoms with Gasteiger partial charge in [0.15, 0.2) is 5.13 Å². The molecule has 0 unspecified atom stereocenters. The molecule has 112 valence electrons. The Morgan fingerprint density at radius 3 is 2.67 bits per heavy atom. The van der Waals surface area contributed by atoms with Crippen molar-refractivity contribution >= 4 is 22.4 Å². The topological polar surface area (TPSA) is 51.2 Å². The molecule has 1 aromatic carbocycles. The Hall–Kier alpha value is -1.88. The van der Waals surface area contributed by atoms with Gasteiger partial charge in [0.25, 0.3) is 0 Å². The quantitative estimate of drug-likeness (QED) is 0.870. The van der Waals surface area contributed by atoms with Crippen LogP contribution in [0.3, 0.4) is 0 Å². The highest BCUT2D eigenvalue weighted by Crippen LogP contribution is 2.26. The molecule has 0 radical (unpaired) electrons. The van der Waals surface area contributed by atoms with Crippen molar-refractivity contribution in [2.24, 2.45) is 5.92 Å². The van der Waals surface area contributed by atoms with E-state index in [0.29, 0.717) is 17.5 Å². The minimum absolute atomic E-state index is 0.0272. The Labute approximate surface area is 129 Å². The molecule has 1 N–H and O–H groups in total. The van der Waals surface area contributed by atoms with Crippen molar-refractivity contribution in [2.45, 2.75) is 26.7 Å². The molecular formula is C16H20N2O2S. The van der Waals surface area contributed by atoms with Crippen LogP contribution in [0.2, 0.25) is 0 Å². The molecule has 2 aromatic rings. The van der Waals surface area contributed by atoms with Crippen molar-refractivity contribution in [1.82, 2.24) is 4.98 Å². The number of carbonyl (C=O) groups is 1. The minimum atomic E-state index is 0.0272. The number of ether oxygens (including phenoxy) is 1. The molecule has 4 nitrogen and oxygen atoms in total. The van der Waals surface area contributed by atoms with Crippen LogP contribution in [0, 0.1) is 5.92 Å². The smallest absolute Gasteiger partial charge is 0.226 e. The van der Waals surface area contributed by atoms with Crippen molar-refractivity contribution in [3.63, 3.8) is 0 Å². The van der Waals surface area contributed by atoms with Crippen LogP contribution in [0.1, 0.15) is 26.7 Å². The van der Waals surface area contributed by atoms with Gasteiger partial charge < -0.3 is 10.1 Å². The van der Waals surface area contributed by atoms with Crippen LogP contribution in [-0.4, -0.2) is 18.0 Å². The summed E-state index contributed by atoms with van der Waals surface area (Å²) < 4.78 is 5.13. The van der Waals surface area contributed by atoms with Gasteiger partial charge in [0.2, 0.25) is 5.91 Å². The second kappa shape index (κ2) is 7.22. The van der Waals surface area contributed by atoms with Gasteiger partial charge >= 0.3 is 0 Å². The summed E-state index contributed by atoms with van der Waals surface area (Å²) in [5, 5.41) is 5.45. The summed E-state index contributed by atoms with van der Waals surface area (Å²) in [5.41, 5.74) is 1.87. The first-order valence-corrected chi connectivity index (χ1v) is 7.86. The van der Waals surface area contributed by atoms with E-state index in [1.54, 1.807) is 7.11 Å². The van der Waals surface area contributed by atoms with Crippen molar-refractivity contribution < 1.29 is 9.53 Å². The summed E-state index contributed by atoms with van der Waals surface area (Å²) in [6.45, 7) is 4.22. The van der Waals surface area contributed by atoms with Crippen molar-refractivity contribution in [3.8, 4) is 17.0 Å². The van der Waals surface area contributed by atoms with Crippen LogP contribution in [0.4, 0.5) is 5.13 Å². The Morgan fingerprint density at radius 1 is 1.33 bits per heavy atom. The number of anilines is 1. The normalized spacial score (nSPS) is 10.7. The Morgan fingerprint density at radius 2 is 2.05 bits per heavy atom. The number of hydrogen-bond donors (Lipinski definition) is 1. The third-order valence-corrected chi connectivity index (χ3v) is 3.84. The second-order valence-corrected chi connectivity index (χ2v) is 6.11. The molecule has 0 aliphatic rings. The van der Waals surface area contributed by atoms with E-state index >= 15 is 0 Å². The Bertz CT molecular complexity index is 591. The van der Waals surface area contributed by atoms with Crippen LogP contribution in [0.15, 0.2) is 29.6 Å². The fraction of sp³-hybridized carbons (Fsp3) is 0.375. The van der Waals surface area contributed by atoms with E-state index < -0.39 is 0 Å². The summed E-state index contributed by atoms with van der Waals surface area (Å²) >= 11 is 1.44. The number of hydrogen-bond acceptors (Lipinski definition) is 4. The highest BCUT2D eigenvalue weighted by molar-refractivity contribution is 7.14. The third-order valence-electron chi connectivity index (χ3n) is 3.09. The van der Waals surface area contributed by atoms with Crippen LogP contribution >= 0.6 is 11.3 Å². The third kappa shape index (κ3) is 4.56. The zero-order chi connectivity index (χ0) is 15.2. The van der Waals surface area contributed by atoms with Gasteiger partial charge in [-0.05, 0) is 36.6 Å². The van der Waals surface area contributed by atoms with Gasteiger partial charge in [0.05, 0.1) is 12.8 Å².